The molecule has 1 aromatic carbocycles. The zero-order valence-corrected chi connectivity index (χ0v) is 15.1. The number of nitrogens with zero attached hydrogens (tertiary/aromatic N) is 4. The number of aromatic nitrogens is 3. The van der Waals surface area contributed by atoms with Crippen molar-refractivity contribution in [3.8, 4) is 0 Å². The highest BCUT2D eigenvalue weighted by Gasteiger charge is 2.27. The third-order valence-corrected chi connectivity index (χ3v) is 4.52. The second-order valence-electron chi connectivity index (χ2n) is 6.47. The molecule has 0 bridgehead atoms. The van der Waals surface area contributed by atoms with E-state index in [0.717, 1.165) is 31.0 Å². The molecule has 1 aromatic heterocycles. The Labute approximate surface area is 152 Å². The van der Waals surface area contributed by atoms with Gasteiger partial charge in [0.1, 0.15) is 11.6 Å². The van der Waals surface area contributed by atoms with Crippen LogP contribution in [0.4, 0.5) is 5.69 Å². The third kappa shape index (κ3) is 3.82. The summed E-state index contributed by atoms with van der Waals surface area (Å²) < 4.78 is 1.93. The predicted octanol–water partition coefficient (Wildman–Crippen LogP) is 2.50. The minimum Gasteiger partial charge on any atom is -0.337 e. The first-order chi connectivity index (χ1) is 12.5. The van der Waals surface area contributed by atoms with E-state index < -0.39 is 0 Å². The second kappa shape index (κ2) is 7.51. The van der Waals surface area contributed by atoms with Gasteiger partial charge in [0.05, 0.1) is 6.04 Å². The van der Waals surface area contributed by atoms with E-state index in [2.05, 4.69) is 22.0 Å². The number of hydrogen-bond acceptors (Lipinski definition) is 4. The van der Waals surface area contributed by atoms with Crippen LogP contribution in [0.5, 0.6) is 0 Å². The van der Waals surface area contributed by atoms with E-state index in [0.29, 0.717) is 17.8 Å². The maximum Gasteiger partial charge on any atom is 0.253 e. The molecule has 26 heavy (non-hydrogen) atoms. The molecule has 1 aliphatic heterocycles. The Morgan fingerprint density at radius 2 is 2.00 bits per heavy atom. The smallest absolute Gasteiger partial charge is 0.253 e. The minimum absolute atomic E-state index is 0.00853. The van der Waals surface area contributed by atoms with Crippen LogP contribution in [0.3, 0.4) is 0 Å². The topological polar surface area (TPSA) is 80.1 Å². The Kier molecular flexibility index (Phi) is 5.16. The third-order valence-electron chi connectivity index (χ3n) is 4.52. The summed E-state index contributed by atoms with van der Waals surface area (Å²) in [5.41, 5.74) is 1.24. The van der Waals surface area contributed by atoms with Gasteiger partial charge in [-0.15, -0.1) is 0 Å². The maximum atomic E-state index is 12.8. The lowest BCUT2D eigenvalue weighted by Crippen LogP contribution is -2.41. The fourth-order valence-corrected chi connectivity index (χ4v) is 3.29. The molecule has 0 spiro atoms. The van der Waals surface area contributed by atoms with Crippen molar-refractivity contribution in [2.45, 2.75) is 32.7 Å². The summed E-state index contributed by atoms with van der Waals surface area (Å²) in [4.78, 5) is 30.4. The lowest BCUT2D eigenvalue weighted by atomic mass is 10.0. The molecule has 1 unspecified atom stereocenters. The van der Waals surface area contributed by atoms with E-state index in [4.69, 9.17) is 0 Å². The van der Waals surface area contributed by atoms with Gasteiger partial charge in [0.25, 0.3) is 5.91 Å². The van der Waals surface area contributed by atoms with Crippen LogP contribution in [0.15, 0.2) is 36.9 Å². The van der Waals surface area contributed by atoms with Crippen LogP contribution < -0.4 is 5.32 Å². The Morgan fingerprint density at radius 3 is 2.62 bits per heavy atom. The zero-order valence-electron chi connectivity index (χ0n) is 15.1. The Bertz CT molecular complexity index is 825. The van der Waals surface area contributed by atoms with Crippen molar-refractivity contribution in [2.75, 3.05) is 18.4 Å². The van der Waals surface area contributed by atoms with Gasteiger partial charge >= 0.3 is 0 Å². The maximum absolute atomic E-state index is 12.8. The summed E-state index contributed by atoms with van der Waals surface area (Å²) in [5.74, 6) is 1.35. The lowest BCUT2D eigenvalue weighted by molar-refractivity contribution is -0.111. The fourth-order valence-electron chi connectivity index (χ4n) is 3.29. The molecule has 1 N–H and O–H groups in total. The van der Waals surface area contributed by atoms with Crippen molar-refractivity contribution in [1.29, 1.82) is 0 Å². The number of piperidine rings is 1. The summed E-state index contributed by atoms with van der Waals surface area (Å²) in [7, 11) is 0. The van der Waals surface area contributed by atoms with Crippen molar-refractivity contribution < 1.29 is 9.59 Å². The molecular weight excluding hydrogens is 330 g/mol. The van der Waals surface area contributed by atoms with Crippen LogP contribution in [0, 0.1) is 13.8 Å². The van der Waals surface area contributed by atoms with E-state index in [1.165, 1.54) is 6.08 Å². The van der Waals surface area contributed by atoms with Crippen molar-refractivity contribution in [3.63, 3.8) is 0 Å². The molecule has 0 radical (unpaired) electrons. The van der Waals surface area contributed by atoms with Crippen molar-refractivity contribution in [3.05, 3.63) is 54.1 Å². The van der Waals surface area contributed by atoms with Gasteiger partial charge in [0.15, 0.2) is 0 Å². The van der Waals surface area contributed by atoms with Crippen molar-refractivity contribution in [2.24, 2.45) is 0 Å². The van der Waals surface area contributed by atoms with Gasteiger partial charge in [-0.3, -0.25) is 9.59 Å². The summed E-state index contributed by atoms with van der Waals surface area (Å²) in [6, 6.07) is 7.06. The standard InChI is InChI=1S/C19H23N5O2/c1-4-18(25)21-16-9-7-15(8-10-16)19(26)23-11-5-6-17(12-23)24-14(3)20-13(2)22-24/h4,7-10,17H,1,5-6,11-12H2,2-3H3,(H,21,25). The predicted molar refractivity (Wildman–Crippen MR) is 98.9 cm³/mol. The first-order valence-electron chi connectivity index (χ1n) is 8.70. The van der Waals surface area contributed by atoms with Crippen molar-refractivity contribution in [1.82, 2.24) is 19.7 Å². The minimum atomic E-state index is -0.276. The van der Waals surface area contributed by atoms with Crippen LogP contribution >= 0.6 is 0 Å². The van der Waals surface area contributed by atoms with Crippen LogP contribution in [-0.4, -0.2) is 44.6 Å². The lowest BCUT2D eigenvalue weighted by Gasteiger charge is -2.33. The van der Waals surface area contributed by atoms with E-state index in [1.807, 2.05) is 23.4 Å². The van der Waals surface area contributed by atoms with E-state index >= 15 is 0 Å². The average Bonchev–Trinajstić information content (AvgIpc) is 3.00. The molecule has 1 fully saturated rings. The molecule has 7 nitrogen and oxygen atoms in total. The number of carbonyl (C=O) groups excluding carboxylic acids is 2. The molecular formula is C19H23N5O2. The molecule has 1 saturated heterocycles. The molecule has 2 aromatic rings. The van der Waals surface area contributed by atoms with Crippen LogP contribution in [0.2, 0.25) is 0 Å². The number of hydrogen-bond donors (Lipinski definition) is 1. The van der Waals surface area contributed by atoms with Crippen LogP contribution in [0.25, 0.3) is 0 Å². The number of likely N-dealkylation sites (tertiary alicyclic amines) is 1. The molecule has 2 heterocycles. The molecule has 0 aliphatic carbocycles. The molecule has 7 heteroatoms. The second-order valence-corrected chi connectivity index (χ2v) is 6.47. The monoisotopic (exact) mass is 353 g/mol. The van der Waals surface area contributed by atoms with E-state index in [1.54, 1.807) is 24.3 Å². The summed E-state index contributed by atoms with van der Waals surface area (Å²) in [6.07, 6.45) is 3.13. The highest BCUT2D eigenvalue weighted by Crippen LogP contribution is 2.23. The van der Waals surface area contributed by atoms with Gasteiger partial charge in [-0.25, -0.2) is 9.67 Å². The number of amides is 2. The van der Waals surface area contributed by atoms with Crippen LogP contribution in [0.1, 0.15) is 40.9 Å². The number of carbonyl (C=O) groups is 2. The number of nitrogens with one attached hydrogen (secondary N) is 1. The highest BCUT2D eigenvalue weighted by atomic mass is 16.2. The molecule has 136 valence electrons. The average molecular weight is 353 g/mol. The molecule has 2 amide bonds. The number of anilines is 1. The zero-order chi connectivity index (χ0) is 18.7. The summed E-state index contributed by atoms with van der Waals surface area (Å²) >= 11 is 0. The fraction of sp³-hybridized carbons (Fsp3) is 0.368. The summed E-state index contributed by atoms with van der Waals surface area (Å²) in [5, 5.41) is 7.14. The number of benzene rings is 1. The molecule has 0 saturated carbocycles. The van der Waals surface area contributed by atoms with Crippen molar-refractivity contribution >= 4 is 17.5 Å². The van der Waals surface area contributed by atoms with Gasteiger partial charge in [0.2, 0.25) is 5.91 Å². The van der Waals surface area contributed by atoms with Gasteiger partial charge in [-0.2, -0.15) is 5.10 Å². The van der Waals surface area contributed by atoms with Gasteiger partial charge < -0.3 is 10.2 Å². The first-order valence-corrected chi connectivity index (χ1v) is 8.70. The number of rotatable bonds is 4. The van der Waals surface area contributed by atoms with Crippen LogP contribution in [-0.2, 0) is 4.79 Å². The molecule has 3 rings (SSSR count). The van der Waals surface area contributed by atoms with E-state index in [-0.39, 0.29) is 17.9 Å². The summed E-state index contributed by atoms with van der Waals surface area (Å²) in [6.45, 7) is 8.59. The molecule has 1 atom stereocenters. The Hall–Kier alpha value is -2.96. The highest BCUT2D eigenvalue weighted by molar-refractivity contribution is 5.99. The van der Waals surface area contributed by atoms with Gasteiger partial charge in [-0.1, -0.05) is 6.58 Å². The Morgan fingerprint density at radius 1 is 1.27 bits per heavy atom. The molecule has 1 aliphatic rings. The normalized spacial score (nSPS) is 17.0. The largest absolute Gasteiger partial charge is 0.337 e. The SMILES string of the molecule is C=CC(=O)Nc1ccc(C(=O)N2CCCC(n3nc(C)nc3C)C2)cc1. The Balaban J connectivity index is 1.70. The van der Waals surface area contributed by atoms with Gasteiger partial charge in [-0.05, 0) is 57.0 Å². The quantitative estimate of drug-likeness (QED) is 0.857. The number of aryl methyl sites for hydroxylation is 2. The van der Waals surface area contributed by atoms with Gasteiger partial charge in [0, 0.05) is 24.3 Å². The van der Waals surface area contributed by atoms with E-state index in [9.17, 15) is 9.59 Å². The first kappa shape index (κ1) is 17.8.